The van der Waals surface area contributed by atoms with E-state index in [9.17, 15) is 9.59 Å². The molecule has 0 saturated carbocycles. The summed E-state index contributed by atoms with van der Waals surface area (Å²) in [6.45, 7) is 2.83. The molecule has 31 heavy (non-hydrogen) atoms. The zero-order chi connectivity index (χ0) is 21.8. The summed E-state index contributed by atoms with van der Waals surface area (Å²) in [5.74, 6) is -0.220. The van der Waals surface area contributed by atoms with Crippen molar-refractivity contribution in [2.24, 2.45) is 0 Å². The molecule has 0 spiro atoms. The first kappa shape index (κ1) is 21.0. The quantitative estimate of drug-likeness (QED) is 0.651. The molecule has 1 aromatic heterocycles. The van der Waals surface area contributed by atoms with Crippen LogP contribution in [0.3, 0.4) is 0 Å². The lowest BCUT2D eigenvalue weighted by atomic mass is 10.1. The molecule has 7 heteroatoms. The first-order valence-electron chi connectivity index (χ1n) is 10.00. The average Bonchev–Trinajstić information content (AvgIpc) is 2.79. The van der Waals surface area contributed by atoms with E-state index in [4.69, 9.17) is 16.3 Å². The fourth-order valence-electron chi connectivity index (χ4n) is 3.53. The molecule has 0 bridgehead atoms. The molecular formula is C24H22ClN3O3. The predicted molar refractivity (Wildman–Crippen MR) is 120 cm³/mol. The topological polar surface area (TPSA) is 71.5 Å². The van der Waals surface area contributed by atoms with Crippen LogP contribution in [0.4, 0.5) is 5.69 Å². The van der Waals surface area contributed by atoms with E-state index < -0.39 is 0 Å². The Morgan fingerprint density at radius 1 is 1.10 bits per heavy atom. The summed E-state index contributed by atoms with van der Waals surface area (Å²) >= 11 is 6.08. The van der Waals surface area contributed by atoms with Crippen LogP contribution in [0.25, 0.3) is 11.1 Å². The van der Waals surface area contributed by atoms with E-state index in [-0.39, 0.29) is 17.9 Å². The normalized spacial score (nSPS) is 16.1. The maximum atomic E-state index is 12.9. The second-order valence-corrected chi connectivity index (χ2v) is 7.79. The molecule has 1 fully saturated rings. The van der Waals surface area contributed by atoms with Crippen LogP contribution in [0.5, 0.6) is 0 Å². The Balaban J connectivity index is 1.44. The molecule has 2 aromatic carbocycles. The Morgan fingerprint density at radius 3 is 2.58 bits per heavy atom. The molecule has 1 aliphatic heterocycles. The molecule has 1 N–H and O–H groups in total. The molecule has 1 atom stereocenters. The van der Waals surface area contributed by atoms with E-state index >= 15 is 0 Å². The number of nitrogens with zero attached hydrogens (tertiary/aromatic N) is 2. The van der Waals surface area contributed by atoms with Gasteiger partial charge in [-0.1, -0.05) is 29.8 Å². The highest BCUT2D eigenvalue weighted by Crippen LogP contribution is 2.26. The zero-order valence-electron chi connectivity index (χ0n) is 17.0. The van der Waals surface area contributed by atoms with Crippen molar-refractivity contribution in [3.8, 4) is 11.1 Å². The Labute approximate surface area is 185 Å². The molecule has 1 unspecified atom stereocenters. The van der Waals surface area contributed by atoms with Crippen molar-refractivity contribution in [3.05, 3.63) is 83.1 Å². The van der Waals surface area contributed by atoms with Gasteiger partial charge in [0.2, 0.25) is 5.91 Å². The second-order valence-electron chi connectivity index (χ2n) is 7.35. The number of aromatic nitrogens is 1. The van der Waals surface area contributed by atoms with E-state index in [1.54, 1.807) is 35.4 Å². The Morgan fingerprint density at radius 2 is 1.90 bits per heavy atom. The average molecular weight is 436 g/mol. The molecular weight excluding hydrogens is 414 g/mol. The molecule has 2 amide bonds. The smallest absolute Gasteiger partial charge is 0.254 e. The number of carbonyl (C=O) groups is 2. The number of nitrogens with one attached hydrogen (secondary N) is 1. The molecule has 2 heterocycles. The van der Waals surface area contributed by atoms with Crippen molar-refractivity contribution in [2.45, 2.75) is 13.0 Å². The highest BCUT2D eigenvalue weighted by atomic mass is 35.5. The first-order chi connectivity index (χ1) is 15.0. The maximum absolute atomic E-state index is 12.9. The number of halogens is 1. The number of hydrogen-bond acceptors (Lipinski definition) is 4. The van der Waals surface area contributed by atoms with E-state index in [1.165, 1.54) is 6.92 Å². The number of morpholine rings is 1. The summed E-state index contributed by atoms with van der Waals surface area (Å²) in [4.78, 5) is 30.4. The van der Waals surface area contributed by atoms with Gasteiger partial charge in [-0.3, -0.25) is 14.6 Å². The van der Waals surface area contributed by atoms with E-state index in [1.807, 2.05) is 36.4 Å². The monoisotopic (exact) mass is 435 g/mol. The summed E-state index contributed by atoms with van der Waals surface area (Å²) in [6.07, 6.45) is 1.51. The molecule has 0 radical (unpaired) electrons. The van der Waals surface area contributed by atoms with Crippen LogP contribution in [-0.4, -0.2) is 41.4 Å². The van der Waals surface area contributed by atoms with Crippen molar-refractivity contribution < 1.29 is 14.3 Å². The number of carbonyl (C=O) groups excluding carboxylic acids is 2. The van der Waals surface area contributed by atoms with E-state index in [0.717, 1.165) is 16.8 Å². The van der Waals surface area contributed by atoms with Crippen molar-refractivity contribution in [2.75, 3.05) is 25.0 Å². The summed E-state index contributed by atoms with van der Waals surface area (Å²) in [5.41, 5.74) is 3.97. The van der Waals surface area contributed by atoms with Crippen molar-refractivity contribution in [1.29, 1.82) is 0 Å². The molecule has 6 nitrogen and oxygen atoms in total. The summed E-state index contributed by atoms with van der Waals surface area (Å²) in [5, 5.41) is 3.38. The van der Waals surface area contributed by atoms with Crippen molar-refractivity contribution in [3.63, 3.8) is 0 Å². The zero-order valence-corrected chi connectivity index (χ0v) is 17.8. The third-order valence-electron chi connectivity index (χ3n) is 5.08. The number of benzene rings is 2. The number of ether oxygens (including phenoxy) is 1. The number of pyridine rings is 1. The highest BCUT2D eigenvalue weighted by molar-refractivity contribution is 6.30. The number of anilines is 1. The van der Waals surface area contributed by atoms with Crippen molar-refractivity contribution in [1.82, 2.24) is 9.88 Å². The van der Waals surface area contributed by atoms with Gasteiger partial charge in [0, 0.05) is 41.5 Å². The number of amides is 2. The third kappa shape index (κ3) is 5.10. The van der Waals surface area contributed by atoms with Crippen molar-refractivity contribution >= 4 is 29.1 Å². The largest absolute Gasteiger partial charge is 0.368 e. The summed E-state index contributed by atoms with van der Waals surface area (Å²) in [6, 6.07) is 18.4. The van der Waals surface area contributed by atoms with Crippen LogP contribution in [0, 0.1) is 0 Å². The molecule has 3 aromatic rings. The predicted octanol–water partition coefficient (Wildman–Crippen LogP) is 4.57. The summed E-state index contributed by atoms with van der Waals surface area (Å²) in [7, 11) is 0. The second kappa shape index (κ2) is 9.29. The maximum Gasteiger partial charge on any atom is 0.254 e. The highest BCUT2D eigenvalue weighted by Gasteiger charge is 2.27. The molecule has 0 aliphatic carbocycles. The van der Waals surface area contributed by atoms with Gasteiger partial charge in [-0.05, 0) is 48.0 Å². The Kier molecular flexibility index (Phi) is 6.30. The van der Waals surface area contributed by atoms with Crippen LogP contribution in [0.1, 0.15) is 29.1 Å². The van der Waals surface area contributed by atoms with Gasteiger partial charge in [0.25, 0.3) is 5.91 Å². The van der Waals surface area contributed by atoms with Crippen LogP contribution < -0.4 is 5.32 Å². The van der Waals surface area contributed by atoms with Gasteiger partial charge in [-0.15, -0.1) is 0 Å². The summed E-state index contributed by atoms with van der Waals surface area (Å²) < 4.78 is 5.88. The molecule has 1 saturated heterocycles. The van der Waals surface area contributed by atoms with Gasteiger partial charge in [-0.25, -0.2) is 0 Å². The third-order valence-corrected chi connectivity index (χ3v) is 5.32. The van der Waals surface area contributed by atoms with Gasteiger partial charge in [0.15, 0.2) is 0 Å². The van der Waals surface area contributed by atoms with E-state index in [2.05, 4.69) is 10.3 Å². The van der Waals surface area contributed by atoms with Crippen LogP contribution in [0.2, 0.25) is 5.02 Å². The standard InChI is InChI=1S/C24H22ClN3O3/c1-16(29)27-21-8-5-17(6-9-21)24(30)28-11-12-31-23(15-28)22-10-7-19(14-26-22)18-3-2-4-20(25)13-18/h2-10,13-14,23H,11-12,15H2,1H3,(H,27,29). The molecule has 4 rings (SSSR count). The van der Waals surface area contributed by atoms with Gasteiger partial charge in [-0.2, -0.15) is 0 Å². The molecule has 1 aliphatic rings. The van der Waals surface area contributed by atoms with Crippen LogP contribution >= 0.6 is 11.6 Å². The van der Waals surface area contributed by atoms with Crippen LogP contribution in [-0.2, 0) is 9.53 Å². The van der Waals surface area contributed by atoms with Gasteiger partial charge in [0.1, 0.15) is 6.10 Å². The fraction of sp³-hybridized carbons (Fsp3) is 0.208. The number of hydrogen-bond donors (Lipinski definition) is 1. The lowest BCUT2D eigenvalue weighted by Gasteiger charge is -2.32. The molecule has 158 valence electrons. The van der Waals surface area contributed by atoms with Gasteiger partial charge < -0.3 is 15.0 Å². The minimum absolute atomic E-state index is 0.0711. The minimum atomic E-state index is -0.287. The minimum Gasteiger partial charge on any atom is -0.368 e. The van der Waals surface area contributed by atoms with Gasteiger partial charge in [0.05, 0.1) is 18.8 Å². The number of rotatable bonds is 4. The lowest BCUT2D eigenvalue weighted by Crippen LogP contribution is -2.42. The van der Waals surface area contributed by atoms with Gasteiger partial charge >= 0.3 is 0 Å². The Bertz CT molecular complexity index is 1080. The fourth-order valence-corrected chi connectivity index (χ4v) is 3.72. The van der Waals surface area contributed by atoms with E-state index in [0.29, 0.717) is 36.0 Å². The van der Waals surface area contributed by atoms with Crippen LogP contribution in [0.15, 0.2) is 66.9 Å². The lowest BCUT2D eigenvalue weighted by molar-refractivity contribution is -0.114. The SMILES string of the molecule is CC(=O)Nc1ccc(C(=O)N2CCOC(c3ccc(-c4cccc(Cl)c4)cn3)C2)cc1. The first-order valence-corrected chi connectivity index (χ1v) is 10.4. The Hall–Kier alpha value is -3.22.